The van der Waals surface area contributed by atoms with E-state index in [0.717, 1.165) is 38.5 Å². The Morgan fingerprint density at radius 1 is 1.24 bits per heavy atom. The van der Waals surface area contributed by atoms with Gasteiger partial charge in [0.2, 0.25) is 0 Å². The van der Waals surface area contributed by atoms with E-state index in [4.69, 9.17) is 17.0 Å². The minimum Gasteiger partial charge on any atom is -0.381 e. The van der Waals surface area contributed by atoms with Crippen molar-refractivity contribution in [1.29, 1.82) is 0 Å². The van der Waals surface area contributed by atoms with E-state index in [2.05, 4.69) is 37.4 Å². The molecule has 2 fully saturated rings. The highest BCUT2D eigenvalue weighted by Gasteiger charge is 2.67. The van der Waals surface area contributed by atoms with Crippen LogP contribution in [0.2, 0.25) is 0 Å². The first-order valence-electron chi connectivity index (χ1n) is 11.0. The molecular weight excluding hydrogens is 380 g/mol. The van der Waals surface area contributed by atoms with E-state index in [1.54, 1.807) is 7.11 Å². The summed E-state index contributed by atoms with van der Waals surface area (Å²) >= 11 is 5.70. The van der Waals surface area contributed by atoms with Crippen molar-refractivity contribution < 1.29 is 9.53 Å². The molecule has 1 atom stereocenters. The predicted molar refractivity (Wildman–Crippen MR) is 120 cm³/mol. The molecule has 1 heterocycles. The number of ether oxygens (including phenoxy) is 1. The number of hydrogen-bond donors (Lipinski definition) is 1. The fourth-order valence-corrected chi connectivity index (χ4v) is 6.44. The molecule has 2 spiro atoms. The molecule has 0 aromatic heterocycles. The number of carbonyl (C=O) groups excluding carboxylic acids is 1. The molecule has 1 amide bonds. The molecule has 0 bridgehead atoms. The van der Waals surface area contributed by atoms with Gasteiger partial charge in [-0.3, -0.25) is 9.69 Å². The van der Waals surface area contributed by atoms with Gasteiger partial charge in [-0.25, -0.2) is 0 Å². The van der Waals surface area contributed by atoms with Gasteiger partial charge in [0.15, 0.2) is 10.7 Å². The summed E-state index contributed by atoms with van der Waals surface area (Å²) in [5, 5.41) is 4.19. The van der Waals surface area contributed by atoms with Crippen LogP contribution in [-0.2, 0) is 27.9 Å². The molecule has 5 heteroatoms. The highest BCUT2D eigenvalue weighted by atomic mass is 32.1. The molecule has 1 aromatic rings. The van der Waals surface area contributed by atoms with Gasteiger partial charge in [0.05, 0.1) is 6.10 Å². The summed E-state index contributed by atoms with van der Waals surface area (Å²) in [7, 11) is 1.80. The maximum Gasteiger partial charge on any atom is 0.259 e. The van der Waals surface area contributed by atoms with Gasteiger partial charge in [0.1, 0.15) is 0 Å². The third-order valence-electron chi connectivity index (χ3n) is 7.34. The Kier molecular flexibility index (Phi) is 5.27. The molecule has 1 aromatic carbocycles. The van der Waals surface area contributed by atoms with Gasteiger partial charge < -0.3 is 10.1 Å². The van der Waals surface area contributed by atoms with Gasteiger partial charge in [0, 0.05) is 18.6 Å². The summed E-state index contributed by atoms with van der Waals surface area (Å²) in [5.74, 6) is 0.728. The van der Waals surface area contributed by atoms with Crippen LogP contribution in [0.1, 0.15) is 70.1 Å². The number of carbonyl (C=O) groups is 1. The molecule has 1 aliphatic heterocycles. The van der Waals surface area contributed by atoms with Crippen molar-refractivity contribution in [2.24, 2.45) is 11.3 Å². The Balaban J connectivity index is 1.84. The van der Waals surface area contributed by atoms with Crippen molar-refractivity contribution in [2.75, 3.05) is 7.11 Å². The monoisotopic (exact) mass is 414 g/mol. The summed E-state index contributed by atoms with van der Waals surface area (Å²) < 4.78 is 5.65. The van der Waals surface area contributed by atoms with Gasteiger partial charge in [-0.2, -0.15) is 0 Å². The molecular formula is C24H34N2O2S. The van der Waals surface area contributed by atoms with E-state index in [1.165, 1.54) is 16.7 Å². The Labute approximate surface area is 180 Å². The van der Waals surface area contributed by atoms with Crippen LogP contribution in [0.4, 0.5) is 0 Å². The van der Waals surface area contributed by atoms with Crippen LogP contribution in [0.5, 0.6) is 0 Å². The second-order valence-electron chi connectivity index (χ2n) is 9.93. The molecule has 158 valence electrons. The van der Waals surface area contributed by atoms with Crippen LogP contribution in [0, 0.1) is 11.3 Å². The summed E-state index contributed by atoms with van der Waals surface area (Å²) in [4.78, 5) is 15.9. The number of fused-ring (bicyclic) bond motifs is 3. The van der Waals surface area contributed by atoms with Crippen molar-refractivity contribution in [3.63, 3.8) is 0 Å². The number of methoxy groups -OCH3 is 1. The fourth-order valence-electron chi connectivity index (χ4n) is 6.00. The number of nitrogens with zero attached hydrogens (tertiary/aromatic N) is 1. The van der Waals surface area contributed by atoms with Crippen LogP contribution < -0.4 is 5.32 Å². The quantitative estimate of drug-likeness (QED) is 0.745. The molecule has 1 saturated carbocycles. The molecule has 29 heavy (non-hydrogen) atoms. The normalized spacial score (nSPS) is 31.4. The maximum absolute atomic E-state index is 14.0. The van der Waals surface area contributed by atoms with Gasteiger partial charge in [-0.05, 0) is 87.2 Å². The van der Waals surface area contributed by atoms with Crippen molar-refractivity contribution in [3.8, 4) is 0 Å². The molecule has 3 aliphatic rings. The first-order valence-corrected chi connectivity index (χ1v) is 11.5. The zero-order chi connectivity index (χ0) is 21.0. The summed E-state index contributed by atoms with van der Waals surface area (Å²) in [6, 6.07) is 6.87. The number of hydrogen-bond acceptors (Lipinski definition) is 3. The van der Waals surface area contributed by atoms with Crippen LogP contribution >= 0.6 is 12.2 Å². The first-order chi connectivity index (χ1) is 13.7. The fraction of sp³-hybridized carbons (Fsp3) is 0.667. The second-order valence-corrected chi connectivity index (χ2v) is 10.3. The molecule has 2 aliphatic carbocycles. The Hall–Kier alpha value is -1.46. The minimum atomic E-state index is -0.727. The van der Waals surface area contributed by atoms with E-state index in [-0.39, 0.29) is 17.4 Å². The molecule has 1 N–H and O–H groups in total. The highest BCUT2D eigenvalue weighted by molar-refractivity contribution is 7.80. The van der Waals surface area contributed by atoms with E-state index in [1.807, 2.05) is 18.7 Å². The van der Waals surface area contributed by atoms with Crippen LogP contribution in [-0.4, -0.2) is 35.2 Å². The number of rotatable bonds is 4. The molecule has 1 unspecified atom stereocenters. The SMILES string of the molecule is CO[C@H]1CC[C@]2(CC1)Cc1ccc(CC(C)C)cc1C21NC(=S)N(C(C)C)C1=O. The third kappa shape index (κ3) is 3.04. The van der Waals surface area contributed by atoms with Gasteiger partial charge in [0.25, 0.3) is 5.91 Å². The number of nitrogens with one attached hydrogen (secondary N) is 1. The zero-order valence-electron chi connectivity index (χ0n) is 18.4. The van der Waals surface area contributed by atoms with Crippen LogP contribution in [0.3, 0.4) is 0 Å². The van der Waals surface area contributed by atoms with Crippen molar-refractivity contribution in [2.45, 2.75) is 83.9 Å². The lowest BCUT2D eigenvalue weighted by atomic mass is 9.61. The maximum atomic E-state index is 14.0. The first kappa shape index (κ1) is 20.8. The lowest BCUT2D eigenvalue weighted by molar-refractivity contribution is -0.139. The smallest absolute Gasteiger partial charge is 0.259 e. The topological polar surface area (TPSA) is 41.6 Å². The molecule has 0 radical (unpaired) electrons. The van der Waals surface area contributed by atoms with Gasteiger partial charge in [-0.1, -0.05) is 32.0 Å². The van der Waals surface area contributed by atoms with E-state index < -0.39 is 5.54 Å². The standard InChI is InChI=1S/C24H34N2O2S/c1-15(2)12-17-6-7-18-14-23(10-8-19(28-5)9-11-23)24(20(18)13-17)21(27)26(16(3)4)22(29)25-24/h6-7,13,15-16,19H,8-12,14H2,1-5H3,(H,25,29)/t19-,23-,24?. The van der Waals surface area contributed by atoms with Crippen LogP contribution in [0.25, 0.3) is 0 Å². The largest absolute Gasteiger partial charge is 0.381 e. The zero-order valence-corrected chi connectivity index (χ0v) is 19.2. The van der Waals surface area contributed by atoms with Crippen molar-refractivity contribution in [3.05, 3.63) is 34.9 Å². The molecule has 1 saturated heterocycles. The number of thiocarbonyl (C=S) groups is 1. The van der Waals surface area contributed by atoms with E-state index >= 15 is 0 Å². The summed E-state index contributed by atoms with van der Waals surface area (Å²) in [5.41, 5.74) is 2.93. The average molecular weight is 415 g/mol. The Bertz CT molecular complexity index is 826. The Morgan fingerprint density at radius 2 is 1.93 bits per heavy atom. The molecule has 4 nitrogen and oxygen atoms in total. The summed E-state index contributed by atoms with van der Waals surface area (Å²) in [6.07, 6.45) is 6.20. The number of amides is 1. The third-order valence-corrected chi connectivity index (χ3v) is 7.64. The number of benzene rings is 1. The van der Waals surface area contributed by atoms with Gasteiger partial charge >= 0.3 is 0 Å². The van der Waals surface area contributed by atoms with E-state index in [9.17, 15) is 4.79 Å². The van der Waals surface area contributed by atoms with Crippen molar-refractivity contribution in [1.82, 2.24) is 10.2 Å². The van der Waals surface area contributed by atoms with Gasteiger partial charge in [-0.15, -0.1) is 0 Å². The lowest BCUT2D eigenvalue weighted by Crippen LogP contribution is -2.57. The molecule has 4 rings (SSSR count). The highest BCUT2D eigenvalue weighted by Crippen LogP contribution is 2.60. The average Bonchev–Trinajstić information content (AvgIpc) is 3.08. The summed E-state index contributed by atoms with van der Waals surface area (Å²) in [6.45, 7) is 8.57. The Morgan fingerprint density at radius 3 is 2.48 bits per heavy atom. The predicted octanol–water partition coefficient (Wildman–Crippen LogP) is 4.34. The van der Waals surface area contributed by atoms with Crippen molar-refractivity contribution >= 4 is 23.2 Å². The second kappa shape index (κ2) is 7.35. The van der Waals surface area contributed by atoms with E-state index in [0.29, 0.717) is 17.1 Å². The van der Waals surface area contributed by atoms with Crippen LogP contribution in [0.15, 0.2) is 18.2 Å². The minimum absolute atomic E-state index is 0.0529. The lowest BCUT2D eigenvalue weighted by Gasteiger charge is -2.46.